The average Bonchev–Trinajstić information content (AvgIpc) is 2.60. The number of aliphatic hydroxyl groups is 1. The maximum atomic E-state index is 12.0. The van der Waals surface area contributed by atoms with Crippen LogP contribution in [0.4, 0.5) is 5.00 Å². The van der Waals surface area contributed by atoms with Crippen LogP contribution in [0.5, 0.6) is 0 Å². The summed E-state index contributed by atoms with van der Waals surface area (Å²) in [6.45, 7) is 8.23. The van der Waals surface area contributed by atoms with Crippen molar-refractivity contribution in [1.29, 1.82) is 0 Å². The summed E-state index contributed by atoms with van der Waals surface area (Å²) in [6.07, 6.45) is 1.34. The fourth-order valence-corrected chi connectivity index (χ4v) is 3.39. The molecule has 0 aliphatic carbocycles. The van der Waals surface area contributed by atoms with Crippen LogP contribution in [0.1, 0.15) is 28.8 Å². The van der Waals surface area contributed by atoms with E-state index in [1.807, 2.05) is 6.92 Å². The summed E-state index contributed by atoms with van der Waals surface area (Å²) >= 11 is 1.64. The highest BCUT2D eigenvalue weighted by Gasteiger charge is 2.19. The van der Waals surface area contributed by atoms with E-state index in [2.05, 4.69) is 24.1 Å². The van der Waals surface area contributed by atoms with Crippen molar-refractivity contribution < 1.29 is 9.90 Å². The van der Waals surface area contributed by atoms with Gasteiger partial charge in [0.1, 0.15) is 0 Å². The number of aliphatic hydroxyl groups excluding tert-OH is 1. The van der Waals surface area contributed by atoms with Crippen LogP contribution in [0, 0.1) is 20.8 Å². The highest BCUT2D eigenvalue weighted by Crippen LogP contribution is 2.31. The molecule has 2 heterocycles. The molecule has 0 unspecified atom stereocenters. The molecule has 1 aliphatic heterocycles. The van der Waals surface area contributed by atoms with E-state index in [9.17, 15) is 9.90 Å². The van der Waals surface area contributed by atoms with Crippen molar-refractivity contribution in [1.82, 2.24) is 4.90 Å². The third-order valence-corrected chi connectivity index (χ3v) is 5.09. The van der Waals surface area contributed by atoms with Gasteiger partial charge in [0.2, 0.25) is 5.91 Å². The molecule has 1 fully saturated rings. The van der Waals surface area contributed by atoms with E-state index in [4.69, 9.17) is 0 Å². The molecule has 0 saturated carbocycles. The molecule has 4 nitrogen and oxygen atoms in total. The van der Waals surface area contributed by atoms with Gasteiger partial charge >= 0.3 is 0 Å². The Hall–Kier alpha value is -0.910. The van der Waals surface area contributed by atoms with Gasteiger partial charge in [-0.05, 0) is 44.7 Å². The second-order valence-electron chi connectivity index (χ2n) is 5.29. The Labute approximate surface area is 118 Å². The maximum Gasteiger partial charge on any atom is 0.239 e. The molecule has 19 heavy (non-hydrogen) atoms. The van der Waals surface area contributed by atoms with Crippen LogP contribution in [0.15, 0.2) is 0 Å². The van der Waals surface area contributed by atoms with Crippen LogP contribution in [-0.4, -0.2) is 41.7 Å². The molecule has 0 spiro atoms. The number of thiophene rings is 1. The predicted octanol–water partition coefficient (Wildman–Crippen LogP) is 2.07. The molecule has 0 atom stereocenters. The molecule has 1 aromatic heterocycles. The molecule has 0 radical (unpaired) electrons. The number of aryl methyl sites for hydroxylation is 1. The van der Waals surface area contributed by atoms with Crippen molar-refractivity contribution in [3.05, 3.63) is 16.0 Å². The van der Waals surface area contributed by atoms with Gasteiger partial charge in [0.05, 0.1) is 17.6 Å². The fraction of sp³-hybridized carbons (Fsp3) is 0.643. The first-order valence-corrected chi connectivity index (χ1v) is 7.56. The van der Waals surface area contributed by atoms with E-state index in [1.54, 1.807) is 11.3 Å². The SMILES string of the molecule is Cc1sc(NC(=O)CN2CCC(O)CC2)c(C)c1C. The van der Waals surface area contributed by atoms with Gasteiger partial charge in [-0.25, -0.2) is 0 Å². The summed E-state index contributed by atoms with van der Waals surface area (Å²) in [5.74, 6) is 0.0424. The summed E-state index contributed by atoms with van der Waals surface area (Å²) in [6, 6.07) is 0. The van der Waals surface area contributed by atoms with Crippen molar-refractivity contribution in [3.8, 4) is 0 Å². The molecule has 2 N–H and O–H groups in total. The zero-order valence-electron chi connectivity index (χ0n) is 11.8. The third-order valence-electron chi connectivity index (χ3n) is 3.86. The number of nitrogens with one attached hydrogen (secondary N) is 1. The number of carbonyl (C=O) groups excluding carboxylic acids is 1. The molecule has 5 heteroatoms. The summed E-state index contributed by atoms with van der Waals surface area (Å²) in [4.78, 5) is 15.4. The monoisotopic (exact) mass is 282 g/mol. The van der Waals surface area contributed by atoms with E-state index in [-0.39, 0.29) is 12.0 Å². The Morgan fingerprint density at radius 1 is 1.32 bits per heavy atom. The minimum atomic E-state index is -0.191. The van der Waals surface area contributed by atoms with Gasteiger partial charge in [0.15, 0.2) is 0 Å². The number of carbonyl (C=O) groups is 1. The molecule has 0 aromatic carbocycles. The Morgan fingerprint density at radius 2 is 1.95 bits per heavy atom. The van der Waals surface area contributed by atoms with Gasteiger partial charge in [-0.3, -0.25) is 9.69 Å². The zero-order chi connectivity index (χ0) is 14.0. The average molecular weight is 282 g/mol. The number of rotatable bonds is 3. The Morgan fingerprint density at radius 3 is 2.47 bits per heavy atom. The molecule has 1 aromatic rings. The number of hydrogen-bond acceptors (Lipinski definition) is 4. The lowest BCUT2D eigenvalue weighted by molar-refractivity contribution is -0.117. The quantitative estimate of drug-likeness (QED) is 0.892. The molecule has 0 bridgehead atoms. The Balaban J connectivity index is 1.89. The minimum Gasteiger partial charge on any atom is -0.393 e. The van der Waals surface area contributed by atoms with Crippen molar-refractivity contribution in [2.24, 2.45) is 0 Å². The van der Waals surface area contributed by atoms with E-state index in [0.717, 1.165) is 30.9 Å². The summed E-state index contributed by atoms with van der Waals surface area (Å²) < 4.78 is 0. The second-order valence-corrected chi connectivity index (χ2v) is 6.52. The molecule has 1 aliphatic rings. The van der Waals surface area contributed by atoms with E-state index in [0.29, 0.717) is 6.54 Å². The number of likely N-dealkylation sites (tertiary alicyclic amines) is 1. The van der Waals surface area contributed by atoms with Gasteiger partial charge < -0.3 is 10.4 Å². The van der Waals surface area contributed by atoms with Crippen LogP contribution in [0.25, 0.3) is 0 Å². The third kappa shape index (κ3) is 3.55. The number of nitrogens with zero attached hydrogens (tertiary/aromatic N) is 1. The predicted molar refractivity (Wildman–Crippen MR) is 78.8 cm³/mol. The molecular weight excluding hydrogens is 260 g/mol. The van der Waals surface area contributed by atoms with Crippen LogP contribution in [0.3, 0.4) is 0 Å². The van der Waals surface area contributed by atoms with Gasteiger partial charge in [0.25, 0.3) is 0 Å². The maximum absolute atomic E-state index is 12.0. The van der Waals surface area contributed by atoms with Crippen molar-refractivity contribution in [2.75, 3.05) is 25.0 Å². The van der Waals surface area contributed by atoms with E-state index < -0.39 is 0 Å². The highest BCUT2D eigenvalue weighted by atomic mass is 32.1. The van der Waals surface area contributed by atoms with Gasteiger partial charge in [0, 0.05) is 18.0 Å². The normalized spacial score (nSPS) is 17.7. The molecule has 1 saturated heterocycles. The molecular formula is C14H22N2O2S. The lowest BCUT2D eigenvalue weighted by Gasteiger charge is -2.28. The first kappa shape index (κ1) is 14.5. The van der Waals surface area contributed by atoms with E-state index >= 15 is 0 Å². The Kier molecular flexibility index (Phi) is 4.60. The summed E-state index contributed by atoms with van der Waals surface area (Å²) in [5.41, 5.74) is 2.44. The zero-order valence-corrected chi connectivity index (χ0v) is 12.6. The van der Waals surface area contributed by atoms with Crippen LogP contribution in [-0.2, 0) is 4.79 Å². The smallest absolute Gasteiger partial charge is 0.239 e. The first-order valence-electron chi connectivity index (χ1n) is 6.74. The summed E-state index contributed by atoms with van der Waals surface area (Å²) in [7, 11) is 0. The first-order chi connectivity index (χ1) is 8.97. The topological polar surface area (TPSA) is 52.6 Å². The summed E-state index contributed by atoms with van der Waals surface area (Å²) in [5, 5.41) is 13.4. The lowest BCUT2D eigenvalue weighted by Crippen LogP contribution is -2.40. The van der Waals surface area contributed by atoms with Crippen molar-refractivity contribution >= 4 is 22.2 Å². The Bertz CT molecular complexity index is 462. The highest BCUT2D eigenvalue weighted by molar-refractivity contribution is 7.16. The molecule has 106 valence electrons. The standard InChI is InChI=1S/C14H22N2O2S/c1-9-10(2)14(19-11(9)3)15-13(18)8-16-6-4-12(17)5-7-16/h12,17H,4-8H2,1-3H3,(H,15,18). The lowest BCUT2D eigenvalue weighted by atomic mass is 10.1. The second kappa shape index (κ2) is 6.03. The number of amides is 1. The fourth-order valence-electron chi connectivity index (χ4n) is 2.31. The van der Waals surface area contributed by atoms with Crippen molar-refractivity contribution in [3.63, 3.8) is 0 Å². The van der Waals surface area contributed by atoms with Crippen LogP contribution >= 0.6 is 11.3 Å². The van der Waals surface area contributed by atoms with E-state index in [1.165, 1.54) is 16.0 Å². The van der Waals surface area contributed by atoms with Gasteiger partial charge in [-0.15, -0.1) is 11.3 Å². The molecule has 1 amide bonds. The van der Waals surface area contributed by atoms with Gasteiger partial charge in [-0.2, -0.15) is 0 Å². The van der Waals surface area contributed by atoms with Gasteiger partial charge in [-0.1, -0.05) is 0 Å². The minimum absolute atomic E-state index is 0.0424. The number of hydrogen-bond donors (Lipinski definition) is 2. The number of piperidine rings is 1. The van der Waals surface area contributed by atoms with Crippen molar-refractivity contribution in [2.45, 2.75) is 39.7 Å². The molecule has 2 rings (SSSR count). The number of anilines is 1. The largest absolute Gasteiger partial charge is 0.393 e. The van der Waals surface area contributed by atoms with Crippen LogP contribution < -0.4 is 5.32 Å². The van der Waals surface area contributed by atoms with Crippen LogP contribution in [0.2, 0.25) is 0 Å².